The second kappa shape index (κ2) is 8.44. The summed E-state index contributed by atoms with van der Waals surface area (Å²) in [4.78, 5) is 19.0. The fourth-order valence-corrected chi connectivity index (χ4v) is 1.90. The molecule has 2 unspecified atom stereocenters. The molecular formula is C15H25N3O3. The van der Waals surface area contributed by atoms with Crippen LogP contribution in [-0.2, 0) is 4.79 Å². The number of nitrogens with zero attached hydrogens (tertiary/aromatic N) is 2. The van der Waals surface area contributed by atoms with Crippen LogP contribution in [0.15, 0.2) is 12.4 Å². The Bertz CT molecular complexity index is 452. The van der Waals surface area contributed by atoms with Crippen molar-refractivity contribution >= 4 is 11.8 Å². The standard InChI is InChI=1S/C15H25N3O3/c1-10(2)21-14-8-13(16-9-17-14)18-12(4)7-5-6-11(3)15(19)20/h8-12H,5-7H2,1-4H3,(H,19,20)(H,16,17,18). The van der Waals surface area contributed by atoms with Crippen molar-refractivity contribution in [1.82, 2.24) is 9.97 Å². The Morgan fingerprint density at radius 3 is 2.62 bits per heavy atom. The Morgan fingerprint density at radius 2 is 2.00 bits per heavy atom. The van der Waals surface area contributed by atoms with Gasteiger partial charge in [0.25, 0.3) is 0 Å². The zero-order valence-corrected chi connectivity index (χ0v) is 13.2. The van der Waals surface area contributed by atoms with Crippen LogP contribution in [-0.4, -0.2) is 33.2 Å². The molecule has 2 N–H and O–H groups in total. The summed E-state index contributed by atoms with van der Waals surface area (Å²) in [6.07, 6.45) is 3.98. The number of ether oxygens (including phenoxy) is 1. The summed E-state index contributed by atoms with van der Waals surface area (Å²) in [5.41, 5.74) is 0. The van der Waals surface area contributed by atoms with Gasteiger partial charge in [-0.1, -0.05) is 13.3 Å². The molecule has 2 atom stereocenters. The number of rotatable bonds is 9. The van der Waals surface area contributed by atoms with Crippen molar-refractivity contribution in [2.24, 2.45) is 5.92 Å². The molecule has 1 rings (SSSR count). The van der Waals surface area contributed by atoms with E-state index >= 15 is 0 Å². The molecule has 118 valence electrons. The van der Waals surface area contributed by atoms with Gasteiger partial charge in [-0.15, -0.1) is 0 Å². The molecule has 1 heterocycles. The number of nitrogens with one attached hydrogen (secondary N) is 1. The van der Waals surface area contributed by atoms with Crippen LogP contribution in [0.4, 0.5) is 5.82 Å². The highest BCUT2D eigenvalue weighted by molar-refractivity contribution is 5.69. The SMILES string of the molecule is CC(CCCC(C)C(=O)O)Nc1cc(OC(C)C)ncn1. The van der Waals surface area contributed by atoms with Crippen LogP contribution in [0.5, 0.6) is 5.88 Å². The van der Waals surface area contributed by atoms with Crippen molar-refractivity contribution in [3.63, 3.8) is 0 Å². The molecule has 0 amide bonds. The summed E-state index contributed by atoms with van der Waals surface area (Å²) in [5, 5.41) is 12.1. The third kappa shape index (κ3) is 6.92. The first-order valence-corrected chi connectivity index (χ1v) is 7.36. The Labute approximate surface area is 126 Å². The number of carbonyl (C=O) groups is 1. The summed E-state index contributed by atoms with van der Waals surface area (Å²) in [5.74, 6) is 0.248. The highest BCUT2D eigenvalue weighted by atomic mass is 16.5. The first kappa shape index (κ1) is 17.2. The predicted molar refractivity (Wildman–Crippen MR) is 81.5 cm³/mol. The molecule has 0 saturated carbocycles. The zero-order chi connectivity index (χ0) is 15.8. The van der Waals surface area contributed by atoms with Gasteiger partial charge in [-0.3, -0.25) is 4.79 Å². The molecular weight excluding hydrogens is 270 g/mol. The molecule has 0 radical (unpaired) electrons. The number of hydrogen-bond donors (Lipinski definition) is 2. The van der Waals surface area contributed by atoms with E-state index in [0.29, 0.717) is 12.3 Å². The Hall–Kier alpha value is -1.85. The van der Waals surface area contributed by atoms with Gasteiger partial charge in [0.1, 0.15) is 12.1 Å². The topological polar surface area (TPSA) is 84.3 Å². The van der Waals surface area contributed by atoms with Gasteiger partial charge in [0.2, 0.25) is 5.88 Å². The third-order valence-corrected chi connectivity index (χ3v) is 3.09. The highest BCUT2D eigenvalue weighted by Gasteiger charge is 2.11. The molecule has 0 aliphatic carbocycles. The lowest BCUT2D eigenvalue weighted by molar-refractivity contribution is -0.141. The number of carboxylic acid groups (broad SMARTS) is 1. The molecule has 6 heteroatoms. The van der Waals surface area contributed by atoms with E-state index in [1.807, 2.05) is 13.8 Å². The average Bonchev–Trinajstić information content (AvgIpc) is 2.37. The summed E-state index contributed by atoms with van der Waals surface area (Å²) in [6.45, 7) is 7.68. The van der Waals surface area contributed by atoms with Gasteiger partial charge in [0.15, 0.2) is 0 Å². The van der Waals surface area contributed by atoms with Gasteiger partial charge in [-0.25, -0.2) is 9.97 Å². The van der Waals surface area contributed by atoms with Crippen molar-refractivity contribution < 1.29 is 14.6 Å². The van der Waals surface area contributed by atoms with E-state index in [1.165, 1.54) is 6.33 Å². The number of hydrogen-bond acceptors (Lipinski definition) is 5. The van der Waals surface area contributed by atoms with Gasteiger partial charge < -0.3 is 15.2 Å². The Morgan fingerprint density at radius 1 is 1.29 bits per heavy atom. The quantitative estimate of drug-likeness (QED) is 0.728. The van der Waals surface area contributed by atoms with Crippen LogP contribution in [0.3, 0.4) is 0 Å². The summed E-state index contributed by atoms with van der Waals surface area (Å²) in [7, 11) is 0. The highest BCUT2D eigenvalue weighted by Crippen LogP contribution is 2.16. The number of aliphatic carboxylic acids is 1. The van der Waals surface area contributed by atoms with Crippen LogP contribution in [0.1, 0.15) is 47.0 Å². The van der Waals surface area contributed by atoms with Crippen molar-refractivity contribution in [2.45, 2.75) is 59.1 Å². The monoisotopic (exact) mass is 295 g/mol. The fraction of sp³-hybridized carbons (Fsp3) is 0.667. The molecule has 0 aliphatic heterocycles. The summed E-state index contributed by atoms with van der Waals surface area (Å²) >= 11 is 0. The van der Waals surface area contributed by atoms with Crippen LogP contribution < -0.4 is 10.1 Å². The van der Waals surface area contributed by atoms with Crippen molar-refractivity contribution in [1.29, 1.82) is 0 Å². The summed E-state index contributed by atoms with van der Waals surface area (Å²) < 4.78 is 5.52. The number of carboxylic acids is 1. The Balaban J connectivity index is 2.40. The van der Waals surface area contributed by atoms with E-state index in [0.717, 1.165) is 18.7 Å². The largest absolute Gasteiger partial charge is 0.481 e. The molecule has 0 saturated heterocycles. The van der Waals surface area contributed by atoms with Crippen LogP contribution >= 0.6 is 0 Å². The molecule has 0 aromatic carbocycles. The van der Waals surface area contributed by atoms with Gasteiger partial charge in [0, 0.05) is 12.1 Å². The minimum Gasteiger partial charge on any atom is -0.481 e. The maximum absolute atomic E-state index is 10.7. The van der Waals surface area contributed by atoms with Gasteiger partial charge >= 0.3 is 5.97 Å². The predicted octanol–water partition coefficient (Wildman–Crippen LogP) is 2.96. The minimum atomic E-state index is -0.734. The van der Waals surface area contributed by atoms with E-state index in [4.69, 9.17) is 9.84 Å². The first-order valence-electron chi connectivity index (χ1n) is 7.36. The lowest BCUT2D eigenvalue weighted by atomic mass is 10.0. The van der Waals surface area contributed by atoms with Crippen molar-refractivity contribution in [3.8, 4) is 5.88 Å². The van der Waals surface area contributed by atoms with E-state index in [1.54, 1.807) is 13.0 Å². The second-order valence-corrected chi connectivity index (χ2v) is 5.62. The maximum atomic E-state index is 10.7. The Kier molecular flexibility index (Phi) is 6.91. The maximum Gasteiger partial charge on any atom is 0.306 e. The van der Waals surface area contributed by atoms with Crippen LogP contribution in [0.25, 0.3) is 0 Å². The molecule has 1 aromatic rings. The second-order valence-electron chi connectivity index (χ2n) is 5.62. The van der Waals surface area contributed by atoms with E-state index in [9.17, 15) is 4.79 Å². The first-order chi connectivity index (χ1) is 9.88. The average molecular weight is 295 g/mol. The van der Waals surface area contributed by atoms with Crippen LogP contribution in [0, 0.1) is 5.92 Å². The van der Waals surface area contributed by atoms with Gasteiger partial charge in [-0.2, -0.15) is 0 Å². The smallest absolute Gasteiger partial charge is 0.306 e. The molecule has 0 spiro atoms. The van der Waals surface area contributed by atoms with E-state index in [2.05, 4.69) is 22.2 Å². The molecule has 0 aliphatic rings. The molecule has 0 bridgehead atoms. The summed E-state index contributed by atoms with van der Waals surface area (Å²) in [6, 6.07) is 1.99. The molecule has 0 fully saturated rings. The normalized spacial score (nSPS) is 13.8. The fourth-order valence-electron chi connectivity index (χ4n) is 1.90. The lowest BCUT2D eigenvalue weighted by Gasteiger charge is -2.16. The van der Waals surface area contributed by atoms with E-state index in [-0.39, 0.29) is 18.1 Å². The molecule has 1 aromatic heterocycles. The number of anilines is 1. The van der Waals surface area contributed by atoms with Crippen LogP contribution in [0.2, 0.25) is 0 Å². The minimum absolute atomic E-state index is 0.0719. The lowest BCUT2D eigenvalue weighted by Crippen LogP contribution is -2.17. The van der Waals surface area contributed by atoms with Gasteiger partial charge in [0.05, 0.1) is 12.0 Å². The van der Waals surface area contributed by atoms with Gasteiger partial charge in [-0.05, 0) is 33.6 Å². The van der Waals surface area contributed by atoms with Crippen molar-refractivity contribution in [2.75, 3.05) is 5.32 Å². The third-order valence-electron chi connectivity index (χ3n) is 3.09. The molecule has 21 heavy (non-hydrogen) atoms. The molecule has 6 nitrogen and oxygen atoms in total. The van der Waals surface area contributed by atoms with Crippen molar-refractivity contribution in [3.05, 3.63) is 12.4 Å². The zero-order valence-electron chi connectivity index (χ0n) is 13.2. The number of aromatic nitrogens is 2. The van der Waals surface area contributed by atoms with E-state index < -0.39 is 5.97 Å².